The van der Waals surface area contributed by atoms with E-state index in [2.05, 4.69) is 5.32 Å². The third-order valence-electron chi connectivity index (χ3n) is 6.74. The number of aromatic nitrogens is 2. The number of benzene rings is 2. The van der Waals surface area contributed by atoms with Gasteiger partial charge in [0.1, 0.15) is 5.82 Å². The molecule has 1 saturated carbocycles. The molecule has 0 atom stereocenters. The lowest BCUT2D eigenvalue weighted by Crippen LogP contribution is -2.42. The monoisotopic (exact) mass is 526 g/mol. The molecule has 1 amide bonds. The number of fused-ring (bicyclic) bond motifs is 1. The van der Waals surface area contributed by atoms with Crippen LogP contribution in [0.3, 0.4) is 0 Å². The summed E-state index contributed by atoms with van der Waals surface area (Å²) in [5.41, 5.74) is 2.89. The fourth-order valence-electron chi connectivity index (χ4n) is 4.43. The van der Waals surface area contributed by atoms with Crippen LogP contribution in [0.1, 0.15) is 42.5 Å². The van der Waals surface area contributed by atoms with E-state index >= 15 is 0 Å². The molecule has 0 radical (unpaired) electrons. The minimum Gasteiger partial charge on any atom is -0.338 e. The van der Waals surface area contributed by atoms with Gasteiger partial charge in [-0.1, -0.05) is 54.0 Å². The predicted octanol–water partition coefficient (Wildman–Crippen LogP) is 4.73. The predicted molar refractivity (Wildman–Crippen MR) is 140 cm³/mol. The van der Waals surface area contributed by atoms with Crippen molar-refractivity contribution in [3.05, 3.63) is 86.5 Å². The van der Waals surface area contributed by atoms with Crippen molar-refractivity contribution in [1.82, 2.24) is 19.8 Å². The van der Waals surface area contributed by atoms with Gasteiger partial charge in [-0.05, 0) is 42.7 Å². The fraction of sp³-hybridized carbons (Fsp3) is 0.370. The molecule has 0 spiro atoms. The normalized spacial score (nSPS) is 15.4. The summed E-state index contributed by atoms with van der Waals surface area (Å²) in [5, 5.41) is 4.81. The van der Waals surface area contributed by atoms with Crippen LogP contribution in [0, 0.1) is 5.82 Å². The van der Waals surface area contributed by atoms with Crippen LogP contribution < -0.4 is 10.9 Å². The highest BCUT2D eigenvalue weighted by molar-refractivity contribution is 7.99. The van der Waals surface area contributed by atoms with Gasteiger partial charge in [0.05, 0.1) is 23.5 Å². The quantitative estimate of drug-likeness (QED) is 0.339. The molecule has 9 heteroatoms. The smallest absolute Gasteiger partial charge is 0.264 e. The van der Waals surface area contributed by atoms with E-state index in [4.69, 9.17) is 16.6 Å². The molecule has 188 valence electrons. The van der Waals surface area contributed by atoms with Crippen molar-refractivity contribution in [2.45, 2.75) is 55.6 Å². The Morgan fingerprint density at radius 3 is 2.72 bits per heavy atom. The SMILES string of the molecule is O=C(CCNCc1ccc(F)cc1Cl)N1CCc2nc(SC3CCC3)n(-c3ccccc3)c(=O)c2C1. The van der Waals surface area contributed by atoms with Gasteiger partial charge in [0.15, 0.2) is 5.16 Å². The van der Waals surface area contributed by atoms with Gasteiger partial charge in [-0.2, -0.15) is 0 Å². The number of carbonyl (C=O) groups is 1. The summed E-state index contributed by atoms with van der Waals surface area (Å²) < 4.78 is 14.9. The fourth-order valence-corrected chi connectivity index (χ4v) is 5.99. The summed E-state index contributed by atoms with van der Waals surface area (Å²) in [4.78, 5) is 33.3. The zero-order valence-corrected chi connectivity index (χ0v) is 21.5. The van der Waals surface area contributed by atoms with Crippen molar-refractivity contribution in [3.8, 4) is 5.69 Å². The van der Waals surface area contributed by atoms with Crippen molar-refractivity contribution in [1.29, 1.82) is 0 Å². The Kier molecular flexibility index (Phi) is 7.74. The van der Waals surface area contributed by atoms with Crippen LogP contribution in [0.25, 0.3) is 5.69 Å². The van der Waals surface area contributed by atoms with E-state index < -0.39 is 0 Å². The number of carbonyl (C=O) groups excluding carboxylic acids is 1. The Bertz CT molecular complexity index is 1310. The first-order valence-corrected chi connectivity index (χ1v) is 13.5. The second-order valence-electron chi connectivity index (χ2n) is 9.19. The van der Waals surface area contributed by atoms with Crippen LogP contribution in [0.2, 0.25) is 5.02 Å². The van der Waals surface area contributed by atoms with Gasteiger partial charge in [0, 0.05) is 42.7 Å². The highest BCUT2D eigenvalue weighted by Crippen LogP contribution is 2.36. The van der Waals surface area contributed by atoms with Crippen molar-refractivity contribution in [3.63, 3.8) is 0 Å². The van der Waals surface area contributed by atoms with E-state index in [1.54, 1.807) is 27.3 Å². The molecule has 2 aliphatic rings. The summed E-state index contributed by atoms with van der Waals surface area (Å²) in [6.07, 6.45) is 4.39. The molecule has 5 rings (SSSR count). The van der Waals surface area contributed by atoms with E-state index in [9.17, 15) is 14.0 Å². The molecule has 6 nitrogen and oxygen atoms in total. The van der Waals surface area contributed by atoms with Crippen molar-refractivity contribution in [2.24, 2.45) is 0 Å². The van der Waals surface area contributed by atoms with E-state index in [1.807, 2.05) is 30.3 Å². The topological polar surface area (TPSA) is 67.2 Å². The summed E-state index contributed by atoms with van der Waals surface area (Å²) in [6, 6.07) is 13.9. The van der Waals surface area contributed by atoms with Crippen LogP contribution in [0.4, 0.5) is 4.39 Å². The first kappa shape index (κ1) is 25.0. The molecule has 2 heterocycles. The van der Waals surface area contributed by atoms with E-state index in [-0.39, 0.29) is 23.8 Å². The number of hydrogen-bond acceptors (Lipinski definition) is 5. The Labute approximate surface area is 218 Å². The summed E-state index contributed by atoms with van der Waals surface area (Å²) >= 11 is 7.76. The Morgan fingerprint density at radius 1 is 1.19 bits per heavy atom. The van der Waals surface area contributed by atoms with Crippen LogP contribution in [0.5, 0.6) is 0 Å². The van der Waals surface area contributed by atoms with Crippen molar-refractivity contribution in [2.75, 3.05) is 13.1 Å². The van der Waals surface area contributed by atoms with Gasteiger partial charge in [-0.3, -0.25) is 14.2 Å². The zero-order chi connectivity index (χ0) is 25.1. The zero-order valence-electron chi connectivity index (χ0n) is 19.9. The molecule has 1 aliphatic carbocycles. The standard InChI is InChI=1S/C27H28ClFN4O2S/c28-23-15-19(29)10-9-18(23)16-30-13-11-25(34)32-14-12-24-22(17-32)26(35)33(20-5-2-1-3-6-20)27(31-24)36-21-7-4-8-21/h1-3,5-6,9-10,15,21,30H,4,7-8,11-14,16-17H2. The lowest BCUT2D eigenvalue weighted by atomic mass is 10.0. The summed E-state index contributed by atoms with van der Waals surface area (Å²) in [6.45, 7) is 1.72. The van der Waals surface area contributed by atoms with Crippen molar-refractivity contribution >= 4 is 29.3 Å². The molecule has 1 aliphatic heterocycles. The third-order valence-corrected chi connectivity index (χ3v) is 8.38. The molecule has 3 aromatic rings. The lowest BCUT2D eigenvalue weighted by Gasteiger charge is -2.30. The van der Waals surface area contributed by atoms with Crippen LogP contribution in [0.15, 0.2) is 58.5 Å². The maximum absolute atomic E-state index is 13.7. The third kappa shape index (κ3) is 5.51. The average Bonchev–Trinajstić information content (AvgIpc) is 2.85. The highest BCUT2D eigenvalue weighted by Gasteiger charge is 2.28. The van der Waals surface area contributed by atoms with E-state index in [0.717, 1.165) is 34.9 Å². The molecule has 2 aromatic carbocycles. The van der Waals surface area contributed by atoms with E-state index in [0.29, 0.717) is 48.3 Å². The molecule has 1 fully saturated rings. The molecule has 36 heavy (non-hydrogen) atoms. The molecule has 1 aromatic heterocycles. The minimum absolute atomic E-state index is 0.0167. The second kappa shape index (κ2) is 11.2. The van der Waals surface area contributed by atoms with Gasteiger partial charge in [0.2, 0.25) is 5.91 Å². The van der Waals surface area contributed by atoms with Crippen LogP contribution in [-0.2, 0) is 24.3 Å². The van der Waals surface area contributed by atoms with Crippen molar-refractivity contribution < 1.29 is 9.18 Å². The maximum atomic E-state index is 13.7. The Hall–Kier alpha value is -2.68. The van der Waals surface area contributed by atoms with Gasteiger partial charge >= 0.3 is 0 Å². The van der Waals surface area contributed by atoms with Gasteiger partial charge in [-0.25, -0.2) is 9.37 Å². The molecule has 1 N–H and O–H groups in total. The second-order valence-corrected chi connectivity index (χ2v) is 10.9. The molecular weight excluding hydrogens is 499 g/mol. The number of thioether (sulfide) groups is 1. The molecule has 0 bridgehead atoms. The Balaban J connectivity index is 1.27. The molecular formula is C27H28ClFN4O2S. The number of hydrogen-bond donors (Lipinski definition) is 1. The highest BCUT2D eigenvalue weighted by atomic mass is 35.5. The van der Waals surface area contributed by atoms with Gasteiger partial charge < -0.3 is 10.2 Å². The number of nitrogens with zero attached hydrogens (tertiary/aromatic N) is 3. The number of rotatable bonds is 8. The van der Waals surface area contributed by atoms with Crippen LogP contribution in [-0.4, -0.2) is 38.7 Å². The molecule has 0 saturated heterocycles. The first-order valence-electron chi connectivity index (χ1n) is 12.3. The number of halogens is 2. The number of amides is 1. The van der Waals surface area contributed by atoms with Gasteiger partial charge in [0.25, 0.3) is 5.56 Å². The van der Waals surface area contributed by atoms with Gasteiger partial charge in [-0.15, -0.1) is 0 Å². The largest absolute Gasteiger partial charge is 0.338 e. The first-order chi connectivity index (χ1) is 17.5. The number of nitrogens with one attached hydrogen (secondary N) is 1. The summed E-state index contributed by atoms with van der Waals surface area (Å²) in [7, 11) is 0. The lowest BCUT2D eigenvalue weighted by molar-refractivity contribution is -0.132. The summed E-state index contributed by atoms with van der Waals surface area (Å²) in [5.74, 6) is -0.393. The molecule has 0 unspecified atom stereocenters. The maximum Gasteiger partial charge on any atom is 0.264 e. The Morgan fingerprint density at radius 2 is 2.00 bits per heavy atom. The number of para-hydroxylation sites is 1. The minimum atomic E-state index is -0.376. The van der Waals surface area contributed by atoms with Crippen LogP contribution >= 0.6 is 23.4 Å². The van der Waals surface area contributed by atoms with E-state index in [1.165, 1.54) is 18.6 Å². The average molecular weight is 527 g/mol.